The molecule has 1 saturated heterocycles. The number of ether oxygens (including phenoxy) is 1. The number of likely N-dealkylation sites (tertiary alicyclic amines) is 1. The number of hydrogen-bond acceptors (Lipinski definition) is 6. The van der Waals surface area contributed by atoms with E-state index in [9.17, 15) is 19.8 Å². The Labute approximate surface area is 242 Å². The molecule has 4 aromatic rings. The molecule has 212 valence electrons. The summed E-state index contributed by atoms with van der Waals surface area (Å²) in [4.78, 5) is 38.1. The van der Waals surface area contributed by atoms with Crippen LogP contribution < -0.4 is 4.74 Å². The van der Waals surface area contributed by atoms with Crippen LogP contribution in [0.15, 0.2) is 54.6 Å². The summed E-state index contributed by atoms with van der Waals surface area (Å²) in [6.45, 7) is 1.15. The molecule has 1 amide bonds. The summed E-state index contributed by atoms with van der Waals surface area (Å²) >= 11 is 6.60. The van der Waals surface area contributed by atoms with Gasteiger partial charge in [-0.2, -0.15) is 4.98 Å². The number of carbonyl (C=O) groups excluding carboxylic acids is 1. The van der Waals surface area contributed by atoms with Crippen LogP contribution in [0.2, 0.25) is 5.02 Å². The molecule has 2 aliphatic rings. The molecule has 2 aromatic carbocycles. The van der Waals surface area contributed by atoms with Gasteiger partial charge in [0.1, 0.15) is 6.10 Å². The lowest BCUT2D eigenvalue weighted by Gasteiger charge is -2.29. The number of rotatable bonds is 6. The molecule has 9 nitrogen and oxygen atoms in total. The Morgan fingerprint density at radius 1 is 0.878 bits per heavy atom. The summed E-state index contributed by atoms with van der Waals surface area (Å²) in [7, 11) is 0. The van der Waals surface area contributed by atoms with Gasteiger partial charge in [-0.25, -0.2) is 4.98 Å². The lowest BCUT2D eigenvalue weighted by Crippen LogP contribution is -2.40. The molecule has 0 atom stereocenters. The van der Waals surface area contributed by atoms with Gasteiger partial charge in [0.25, 0.3) is 11.9 Å². The molecule has 1 aliphatic heterocycles. The first kappa shape index (κ1) is 27.2. The number of aliphatic carboxylic acids is 1. The van der Waals surface area contributed by atoms with Gasteiger partial charge in [-0.15, -0.1) is 0 Å². The molecule has 3 heterocycles. The SMILES string of the molecule is O=C(O)C1CCC(Oc2nc3nc(-c4ccc(-c5ccc(C(=O)N6CCC(O)CC6)cc5)cc4)c(Cl)cc3[nH]2)CC1. The van der Waals surface area contributed by atoms with Gasteiger partial charge in [-0.1, -0.05) is 48.0 Å². The van der Waals surface area contributed by atoms with Crippen molar-refractivity contribution in [3.63, 3.8) is 0 Å². The van der Waals surface area contributed by atoms with E-state index in [-0.39, 0.29) is 24.0 Å². The first-order valence-corrected chi connectivity index (χ1v) is 14.4. The number of H-pyrrole nitrogens is 1. The van der Waals surface area contributed by atoms with E-state index in [1.54, 1.807) is 11.0 Å². The number of hydrogen-bond donors (Lipinski definition) is 3. The summed E-state index contributed by atoms with van der Waals surface area (Å²) in [5.41, 5.74) is 5.24. The van der Waals surface area contributed by atoms with Crippen molar-refractivity contribution in [3.8, 4) is 28.4 Å². The molecule has 1 aliphatic carbocycles. The predicted octanol–water partition coefficient (Wildman–Crippen LogP) is 5.56. The van der Waals surface area contributed by atoms with Crippen LogP contribution in [0.3, 0.4) is 0 Å². The maximum Gasteiger partial charge on any atom is 0.306 e. The van der Waals surface area contributed by atoms with E-state index in [0.717, 1.165) is 16.7 Å². The van der Waals surface area contributed by atoms with E-state index in [1.807, 2.05) is 48.5 Å². The van der Waals surface area contributed by atoms with Crippen molar-refractivity contribution in [2.24, 2.45) is 5.92 Å². The average molecular weight is 575 g/mol. The van der Waals surface area contributed by atoms with E-state index in [1.165, 1.54) is 0 Å². The number of aromatic amines is 1. The van der Waals surface area contributed by atoms with Crippen LogP contribution >= 0.6 is 11.6 Å². The van der Waals surface area contributed by atoms with Crippen LogP contribution in [0.25, 0.3) is 33.5 Å². The zero-order valence-corrected chi connectivity index (χ0v) is 23.2. The number of imidazole rings is 1. The van der Waals surface area contributed by atoms with Gasteiger partial charge >= 0.3 is 5.97 Å². The molecule has 6 rings (SSSR count). The average Bonchev–Trinajstić information content (AvgIpc) is 3.38. The summed E-state index contributed by atoms with van der Waals surface area (Å²) in [6.07, 6.45) is 3.37. The minimum Gasteiger partial charge on any atom is -0.481 e. The molecule has 2 fully saturated rings. The fourth-order valence-electron chi connectivity index (χ4n) is 5.62. The molecule has 0 radical (unpaired) electrons. The number of carboxylic acids is 1. The molecule has 1 saturated carbocycles. The van der Waals surface area contributed by atoms with E-state index >= 15 is 0 Å². The number of carbonyl (C=O) groups is 2. The number of carboxylic acid groups (broad SMARTS) is 1. The topological polar surface area (TPSA) is 129 Å². The number of nitrogens with zero attached hydrogens (tertiary/aromatic N) is 3. The van der Waals surface area contributed by atoms with Crippen molar-refractivity contribution in [2.45, 2.75) is 50.7 Å². The minimum atomic E-state index is -0.743. The summed E-state index contributed by atoms with van der Waals surface area (Å²) < 4.78 is 6.00. The fourth-order valence-corrected chi connectivity index (χ4v) is 5.88. The highest BCUT2D eigenvalue weighted by Gasteiger charge is 2.28. The van der Waals surface area contributed by atoms with Crippen molar-refractivity contribution in [2.75, 3.05) is 13.1 Å². The molecule has 10 heteroatoms. The first-order valence-electron chi connectivity index (χ1n) is 14.0. The fraction of sp³-hybridized carbons (Fsp3) is 0.355. The Bertz CT molecular complexity index is 1550. The van der Waals surface area contributed by atoms with E-state index in [0.29, 0.717) is 85.1 Å². The number of halogens is 1. The number of piperidine rings is 1. The normalized spacial score (nSPS) is 19.8. The Morgan fingerprint density at radius 3 is 2.12 bits per heavy atom. The smallest absolute Gasteiger partial charge is 0.306 e. The van der Waals surface area contributed by atoms with E-state index in [2.05, 4.69) is 15.0 Å². The molecule has 3 N–H and O–H groups in total. The Hall–Kier alpha value is -3.95. The standard InChI is InChI=1S/C31H31ClN4O5/c32-25-17-26-28(35-31(33-26)41-24-11-9-22(10-12-24)30(39)40)34-27(25)20-5-1-18(2-6-20)19-3-7-21(8-4-19)29(38)36-15-13-23(37)14-16-36/h1-8,17,22-24,37H,9-16H2,(H,39,40)(H,33,34,35). The number of nitrogens with one attached hydrogen (secondary N) is 1. The Balaban J connectivity index is 1.14. The third-order valence-electron chi connectivity index (χ3n) is 8.08. The monoisotopic (exact) mass is 574 g/mol. The highest BCUT2D eigenvalue weighted by molar-refractivity contribution is 6.33. The van der Waals surface area contributed by atoms with E-state index in [4.69, 9.17) is 16.3 Å². The maximum atomic E-state index is 12.8. The van der Waals surface area contributed by atoms with Gasteiger partial charge in [0, 0.05) is 24.2 Å². The number of fused-ring (bicyclic) bond motifs is 1. The Morgan fingerprint density at radius 2 is 1.49 bits per heavy atom. The quantitative estimate of drug-likeness (QED) is 0.275. The highest BCUT2D eigenvalue weighted by Crippen LogP contribution is 2.32. The largest absolute Gasteiger partial charge is 0.481 e. The molecule has 0 unspecified atom stereocenters. The van der Waals surface area contributed by atoms with Gasteiger partial charge in [-0.3, -0.25) is 9.59 Å². The second-order valence-electron chi connectivity index (χ2n) is 10.8. The van der Waals surface area contributed by atoms with Gasteiger partial charge in [-0.05, 0) is 67.9 Å². The van der Waals surface area contributed by atoms with Crippen LogP contribution in [0.1, 0.15) is 48.9 Å². The van der Waals surface area contributed by atoms with Gasteiger partial charge in [0.2, 0.25) is 0 Å². The second-order valence-corrected chi connectivity index (χ2v) is 11.2. The van der Waals surface area contributed by atoms with Crippen molar-refractivity contribution in [1.82, 2.24) is 19.9 Å². The van der Waals surface area contributed by atoms with Gasteiger partial charge in [0.15, 0.2) is 5.65 Å². The molecule has 2 aromatic heterocycles. The zero-order valence-electron chi connectivity index (χ0n) is 22.4. The van der Waals surface area contributed by atoms with Gasteiger partial charge in [0.05, 0.1) is 28.3 Å². The van der Waals surface area contributed by atoms with Crippen LogP contribution in [0.4, 0.5) is 0 Å². The lowest BCUT2D eigenvalue weighted by molar-refractivity contribution is -0.143. The lowest BCUT2D eigenvalue weighted by atomic mass is 9.87. The summed E-state index contributed by atoms with van der Waals surface area (Å²) in [6, 6.07) is 17.6. The van der Waals surface area contributed by atoms with Crippen LogP contribution in [-0.2, 0) is 4.79 Å². The molecule has 41 heavy (non-hydrogen) atoms. The Kier molecular flexibility index (Phi) is 7.64. The third-order valence-corrected chi connectivity index (χ3v) is 8.37. The number of aliphatic hydroxyl groups is 1. The maximum absolute atomic E-state index is 12.8. The van der Waals surface area contributed by atoms with Crippen molar-refractivity contribution < 1.29 is 24.5 Å². The third kappa shape index (κ3) is 5.92. The number of aliphatic hydroxyl groups excluding tert-OH is 1. The predicted molar refractivity (Wildman–Crippen MR) is 155 cm³/mol. The van der Waals surface area contributed by atoms with Crippen molar-refractivity contribution in [3.05, 3.63) is 65.2 Å². The molecular weight excluding hydrogens is 544 g/mol. The molecule has 0 bridgehead atoms. The van der Waals surface area contributed by atoms with Crippen LogP contribution in [0, 0.1) is 5.92 Å². The second kappa shape index (κ2) is 11.5. The van der Waals surface area contributed by atoms with Crippen molar-refractivity contribution >= 4 is 34.6 Å². The van der Waals surface area contributed by atoms with Crippen LogP contribution in [0.5, 0.6) is 6.01 Å². The number of pyridine rings is 1. The minimum absolute atomic E-state index is 0.00704. The van der Waals surface area contributed by atoms with E-state index < -0.39 is 5.97 Å². The van der Waals surface area contributed by atoms with Crippen molar-refractivity contribution in [1.29, 1.82) is 0 Å². The summed E-state index contributed by atoms with van der Waals surface area (Å²) in [5, 5.41) is 19.4. The number of aromatic nitrogens is 3. The zero-order chi connectivity index (χ0) is 28.5. The first-order chi connectivity index (χ1) is 19.8. The summed E-state index contributed by atoms with van der Waals surface area (Å²) in [5.74, 6) is -1.05. The molecule has 0 spiro atoms. The number of benzene rings is 2. The molecular formula is C31H31ClN4O5. The highest BCUT2D eigenvalue weighted by atomic mass is 35.5. The number of amides is 1. The van der Waals surface area contributed by atoms with Gasteiger partial charge < -0.3 is 24.8 Å². The van der Waals surface area contributed by atoms with Crippen LogP contribution in [-0.4, -0.2) is 67.2 Å².